The Morgan fingerprint density at radius 1 is 1.73 bits per heavy atom. The minimum atomic E-state index is -1.05. The van der Waals surface area contributed by atoms with Crippen LogP contribution in [0.15, 0.2) is 5.57 Å². The van der Waals surface area contributed by atoms with E-state index in [0.29, 0.717) is 31.4 Å². The van der Waals surface area contributed by atoms with Gasteiger partial charge in [-0.25, -0.2) is 4.79 Å². The van der Waals surface area contributed by atoms with E-state index in [2.05, 4.69) is 0 Å². The van der Waals surface area contributed by atoms with E-state index in [1.165, 1.54) is 0 Å². The van der Waals surface area contributed by atoms with Crippen molar-refractivity contribution >= 4 is 11.9 Å². The predicted molar refractivity (Wildman–Crippen MR) is 54.2 cm³/mol. The Morgan fingerprint density at radius 3 is 2.87 bits per heavy atom. The number of hydrogen-bond donors (Lipinski definition) is 1. The van der Waals surface area contributed by atoms with E-state index in [0.717, 1.165) is 0 Å². The first-order valence-electron chi connectivity index (χ1n) is 5.14. The van der Waals surface area contributed by atoms with Crippen LogP contribution in [0.3, 0.4) is 0 Å². The molecule has 1 fully saturated rings. The lowest BCUT2D eigenvalue weighted by molar-refractivity contribution is -0.147. The lowest BCUT2D eigenvalue weighted by Gasteiger charge is -2.34. The van der Waals surface area contributed by atoms with E-state index < -0.39 is 11.4 Å². The Bertz CT molecular complexity index is 304. The summed E-state index contributed by atoms with van der Waals surface area (Å²) in [5, 5.41) is 9.07. The molecule has 2 unspecified atom stereocenters. The summed E-state index contributed by atoms with van der Waals surface area (Å²) in [5.41, 5.74) is -0.727. The highest BCUT2D eigenvalue weighted by atomic mass is 16.5. The summed E-state index contributed by atoms with van der Waals surface area (Å²) in [6.07, 6.45) is 1.48. The van der Waals surface area contributed by atoms with Crippen molar-refractivity contribution in [2.75, 3.05) is 6.61 Å². The van der Waals surface area contributed by atoms with Crippen molar-refractivity contribution in [2.24, 2.45) is 5.41 Å². The fourth-order valence-corrected chi connectivity index (χ4v) is 1.92. The number of carbonyl (C=O) groups excluding carboxylic acids is 1. The van der Waals surface area contributed by atoms with Crippen LogP contribution < -0.4 is 0 Å². The quantitative estimate of drug-likeness (QED) is 0.719. The number of carboxylic acids is 1. The molecule has 0 spiro atoms. The average molecular weight is 212 g/mol. The van der Waals surface area contributed by atoms with Gasteiger partial charge in [0.2, 0.25) is 0 Å². The molecule has 2 atom stereocenters. The van der Waals surface area contributed by atoms with Gasteiger partial charge in [-0.15, -0.1) is 0 Å². The van der Waals surface area contributed by atoms with Crippen LogP contribution in [-0.4, -0.2) is 29.7 Å². The number of rotatable bonds is 3. The van der Waals surface area contributed by atoms with Gasteiger partial charge in [-0.05, 0) is 26.7 Å². The average Bonchev–Trinajstić information content (AvgIpc) is 2.21. The lowest BCUT2D eigenvalue weighted by Crippen LogP contribution is -2.37. The van der Waals surface area contributed by atoms with Gasteiger partial charge >= 0.3 is 5.97 Å². The molecule has 0 aromatic carbocycles. The highest BCUT2D eigenvalue weighted by Gasteiger charge is 2.43. The molecule has 0 radical (unpaired) electrons. The number of ether oxygens (including phenoxy) is 1. The molecule has 0 heterocycles. The topological polar surface area (TPSA) is 63.6 Å². The summed E-state index contributed by atoms with van der Waals surface area (Å²) in [4.78, 5) is 21.8. The fourth-order valence-electron chi connectivity index (χ4n) is 1.92. The minimum Gasteiger partial charge on any atom is -0.481 e. The van der Waals surface area contributed by atoms with Gasteiger partial charge in [0, 0.05) is 18.6 Å². The number of hydrogen-bond acceptors (Lipinski definition) is 3. The third-order valence-electron chi connectivity index (χ3n) is 3.06. The van der Waals surface area contributed by atoms with Gasteiger partial charge in [-0.1, -0.05) is 0 Å². The fraction of sp³-hybridized carbons (Fsp3) is 0.727. The molecule has 1 aliphatic carbocycles. The van der Waals surface area contributed by atoms with E-state index in [1.807, 2.05) is 6.92 Å². The molecule has 0 aliphatic heterocycles. The van der Waals surface area contributed by atoms with Gasteiger partial charge in [-0.2, -0.15) is 0 Å². The first kappa shape index (κ1) is 12.0. The van der Waals surface area contributed by atoms with Gasteiger partial charge < -0.3 is 9.84 Å². The molecule has 0 amide bonds. The normalized spacial score (nSPS) is 31.1. The van der Waals surface area contributed by atoms with Crippen LogP contribution in [0.4, 0.5) is 0 Å². The third-order valence-corrected chi connectivity index (χ3v) is 3.06. The van der Waals surface area contributed by atoms with Crippen LogP contribution in [-0.2, 0) is 14.3 Å². The Kier molecular flexibility index (Phi) is 3.66. The monoisotopic (exact) mass is 212 g/mol. The largest absolute Gasteiger partial charge is 0.481 e. The van der Waals surface area contributed by atoms with E-state index in [1.54, 1.807) is 12.9 Å². The van der Waals surface area contributed by atoms with Crippen LogP contribution in [0.25, 0.3) is 0 Å². The van der Waals surface area contributed by atoms with Crippen molar-refractivity contribution in [3.63, 3.8) is 0 Å². The molecule has 15 heavy (non-hydrogen) atoms. The van der Waals surface area contributed by atoms with Crippen molar-refractivity contribution in [1.29, 1.82) is 0 Å². The summed E-state index contributed by atoms with van der Waals surface area (Å²) < 4.78 is 5.40. The molecule has 0 saturated heterocycles. The van der Waals surface area contributed by atoms with Gasteiger partial charge in [0.05, 0.1) is 11.5 Å². The molecule has 0 aromatic heterocycles. The zero-order chi connectivity index (χ0) is 11.5. The molecule has 1 saturated carbocycles. The third kappa shape index (κ3) is 2.28. The highest BCUT2D eigenvalue weighted by molar-refractivity contribution is 5.82. The maximum Gasteiger partial charge on any atom is 0.314 e. The summed E-state index contributed by atoms with van der Waals surface area (Å²) >= 11 is 0. The Hall–Kier alpha value is -1.12. The van der Waals surface area contributed by atoms with Crippen LogP contribution in [0.2, 0.25) is 0 Å². The SMILES string of the molecule is CCOC1CCC(C)(C(=O)O)C(=C=O)C1. The molecule has 1 aliphatic rings. The first-order valence-corrected chi connectivity index (χ1v) is 5.14. The molecule has 0 bridgehead atoms. The summed E-state index contributed by atoms with van der Waals surface area (Å²) in [7, 11) is 0. The number of carbonyl (C=O) groups is 1. The van der Waals surface area contributed by atoms with Crippen LogP contribution >= 0.6 is 0 Å². The second-order valence-electron chi connectivity index (χ2n) is 4.04. The van der Waals surface area contributed by atoms with Crippen molar-refractivity contribution < 1.29 is 19.4 Å². The number of carboxylic acid groups (broad SMARTS) is 1. The second-order valence-corrected chi connectivity index (χ2v) is 4.04. The molecule has 4 heteroatoms. The highest BCUT2D eigenvalue weighted by Crippen LogP contribution is 2.40. The Balaban J connectivity index is 2.83. The van der Waals surface area contributed by atoms with E-state index in [-0.39, 0.29) is 6.10 Å². The maximum atomic E-state index is 11.1. The maximum absolute atomic E-state index is 11.1. The van der Waals surface area contributed by atoms with Crippen LogP contribution in [0.1, 0.15) is 33.1 Å². The van der Waals surface area contributed by atoms with E-state index in [9.17, 15) is 9.59 Å². The molecular formula is C11H16O4. The van der Waals surface area contributed by atoms with Gasteiger partial charge in [0.1, 0.15) is 5.94 Å². The zero-order valence-electron chi connectivity index (χ0n) is 9.08. The van der Waals surface area contributed by atoms with Crippen molar-refractivity contribution in [2.45, 2.75) is 39.2 Å². The summed E-state index contributed by atoms with van der Waals surface area (Å²) in [5.74, 6) is 0.822. The second kappa shape index (κ2) is 4.60. The Labute approximate surface area is 88.9 Å². The van der Waals surface area contributed by atoms with Crippen LogP contribution in [0.5, 0.6) is 0 Å². The summed E-state index contributed by atoms with van der Waals surface area (Å²) in [6.45, 7) is 4.05. The number of aliphatic carboxylic acids is 1. The minimum absolute atomic E-state index is 0.0288. The van der Waals surface area contributed by atoms with E-state index in [4.69, 9.17) is 9.84 Å². The summed E-state index contributed by atoms with van der Waals surface area (Å²) in [6, 6.07) is 0. The predicted octanol–water partition coefficient (Wildman–Crippen LogP) is 1.42. The molecule has 84 valence electrons. The zero-order valence-corrected chi connectivity index (χ0v) is 9.08. The molecule has 1 N–H and O–H groups in total. The van der Waals surface area contributed by atoms with Crippen molar-refractivity contribution in [3.8, 4) is 0 Å². The Morgan fingerprint density at radius 2 is 2.40 bits per heavy atom. The standard InChI is InChI=1S/C11H16O4/c1-3-15-9-4-5-11(2,10(13)14)8(6-9)7-12/h9H,3-6H2,1-2H3,(H,13,14). The lowest BCUT2D eigenvalue weighted by atomic mass is 9.71. The smallest absolute Gasteiger partial charge is 0.314 e. The molecule has 0 aromatic rings. The van der Waals surface area contributed by atoms with Crippen molar-refractivity contribution in [1.82, 2.24) is 0 Å². The van der Waals surface area contributed by atoms with Gasteiger partial charge in [-0.3, -0.25) is 4.79 Å². The first-order chi connectivity index (χ1) is 7.04. The van der Waals surface area contributed by atoms with E-state index >= 15 is 0 Å². The van der Waals surface area contributed by atoms with Gasteiger partial charge in [0.25, 0.3) is 0 Å². The van der Waals surface area contributed by atoms with Crippen molar-refractivity contribution in [3.05, 3.63) is 5.57 Å². The van der Waals surface area contributed by atoms with Crippen LogP contribution in [0, 0.1) is 5.41 Å². The molecule has 1 rings (SSSR count). The van der Waals surface area contributed by atoms with Gasteiger partial charge in [0.15, 0.2) is 0 Å². The molecule has 4 nitrogen and oxygen atoms in total. The molecular weight excluding hydrogens is 196 g/mol.